The molecule has 1 saturated heterocycles. The van der Waals surface area contributed by atoms with E-state index in [-0.39, 0.29) is 17.4 Å². The van der Waals surface area contributed by atoms with E-state index < -0.39 is 0 Å². The van der Waals surface area contributed by atoms with Gasteiger partial charge in [-0.2, -0.15) is 5.10 Å². The molecule has 1 amide bonds. The molecule has 1 aliphatic rings. The van der Waals surface area contributed by atoms with E-state index >= 15 is 0 Å². The second-order valence-electron chi connectivity index (χ2n) is 7.23. The minimum atomic E-state index is -0.240. The number of carbonyl (C=O) groups excluding carboxylic acids is 1. The molecule has 4 heterocycles. The van der Waals surface area contributed by atoms with Crippen LogP contribution in [-0.2, 0) is 0 Å². The van der Waals surface area contributed by atoms with Gasteiger partial charge < -0.3 is 15.6 Å². The van der Waals surface area contributed by atoms with Gasteiger partial charge in [-0.15, -0.1) is 0 Å². The van der Waals surface area contributed by atoms with E-state index in [2.05, 4.69) is 20.6 Å². The summed E-state index contributed by atoms with van der Waals surface area (Å²) in [6.45, 7) is 5.85. The van der Waals surface area contributed by atoms with Crippen molar-refractivity contribution in [2.24, 2.45) is 0 Å². The Morgan fingerprint density at radius 3 is 2.61 bits per heavy atom. The number of anilines is 1. The number of aromatic nitrogens is 4. The van der Waals surface area contributed by atoms with Gasteiger partial charge in [-0.05, 0) is 50.2 Å². The standard InChI is InChI=1S/C21H20N6O2.C2H6/c28-18-12-17(13-4-8-22-9-5-13)27-20(25-18)19-15(2-1-3-16(19)26-27)24-21(29)14-6-10-23-11-7-14;1-2/h1-3,6-7,10-13,22H,4-5,8-9H2,(H,24,29)(H,25,28);1-2H3. The van der Waals surface area contributed by atoms with Crippen molar-refractivity contribution in [2.75, 3.05) is 18.4 Å². The van der Waals surface area contributed by atoms with Gasteiger partial charge in [0.2, 0.25) is 0 Å². The molecule has 1 fully saturated rings. The Hall–Kier alpha value is -3.52. The van der Waals surface area contributed by atoms with Crippen LogP contribution in [0.3, 0.4) is 0 Å². The summed E-state index contributed by atoms with van der Waals surface area (Å²) in [6.07, 6.45) is 5.07. The fraction of sp³-hybridized carbons (Fsp3) is 0.304. The molecule has 160 valence electrons. The van der Waals surface area contributed by atoms with Crippen molar-refractivity contribution in [2.45, 2.75) is 32.6 Å². The van der Waals surface area contributed by atoms with Crippen molar-refractivity contribution < 1.29 is 4.79 Å². The molecule has 5 rings (SSSR count). The summed E-state index contributed by atoms with van der Waals surface area (Å²) >= 11 is 0. The van der Waals surface area contributed by atoms with Gasteiger partial charge in [-0.3, -0.25) is 14.6 Å². The molecule has 8 nitrogen and oxygen atoms in total. The van der Waals surface area contributed by atoms with Crippen LogP contribution in [0.5, 0.6) is 0 Å². The summed E-state index contributed by atoms with van der Waals surface area (Å²) in [5.74, 6) is 0.0290. The molecule has 4 aromatic rings. The number of nitrogens with zero attached hydrogens (tertiary/aromatic N) is 3. The first kappa shape index (κ1) is 20.7. The molecule has 0 atom stereocenters. The number of hydrogen-bond donors (Lipinski definition) is 3. The Labute approximate surface area is 179 Å². The van der Waals surface area contributed by atoms with Crippen molar-refractivity contribution in [1.29, 1.82) is 0 Å². The first-order chi connectivity index (χ1) is 15.2. The largest absolute Gasteiger partial charge is 0.321 e. The summed E-state index contributed by atoms with van der Waals surface area (Å²) in [4.78, 5) is 31.9. The molecule has 0 saturated carbocycles. The van der Waals surface area contributed by atoms with Gasteiger partial charge in [0.05, 0.1) is 22.3 Å². The summed E-state index contributed by atoms with van der Waals surface area (Å²) in [7, 11) is 0. The van der Waals surface area contributed by atoms with E-state index in [0.717, 1.165) is 42.5 Å². The number of nitrogens with one attached hydrogen (secondary N) is 3. The SMILES string of the molecule is CC.O=C(Nc1cccc2nn3c(C4CCNCC4)cc(=O)[nH]c3c12)c1ccncc1. The average molecular weight is 419 g/mol. The first-order valence-electron chi connectivity index (χ1n) is 10.7. The van der Waals surface area contributed by atoms with Crippen LogP contribution >= 0.6 is 0 Å². The van der Waals surface area contributed by atoms with Crippen molar-refractivity contribution in [1.82, 2.24) is 24.9 Å². The van der Waals surface area contributed by atoms with Crippen LogP contribution in [-0.4, -0.2) is 38.6 Å². The zero-order valence-electron chi connectivity index (χ0n) is 17.7. The van der Waals surface area contributed by atoms with E-state index in [0.29, 0.717) is 16.9 Å². The Balaban J connectivity index is 0.00000112. The molecule has 1 aromatic carbocycles. The molecule has 0 unspecified atom stereocenters. The second kappa shape index (κ2) is 9.09. The number of benzene rings is 1. The van der Waals surface area contributed by atoms with E-state index in [9.17, 15) is 9.59 Å². The molecule has 0 aliphatic carbocycles. The van der Waals surface area contributed by atoms with Crippen molar-refractivity contribution in [3.63, 3.8) is 0 Å². The lowest BCUT2D eigenvalue weighted by atomic mass is 9.94. The number of pyridine rings is 1. The predicted molar refractivity (Wildman–Crippen MR) is 122 cm³/mol. The van der Waals surface area contributed by atoms with Gasteiger partial charge in [0, 0.05) is 29.9 Å². The predicted octanol–water partition coefficient (Wildman–Crippen LogP) is 3.32. The topological polar surface area (TPSA) is 104 Å². The molecule has 31 heavy (non-hydrogen) atoms. The number of rotatable bonds is 3. The molecule has 0 radical (unpaired) electrons. The third-order valence-corrected chi connectivity index (χ3v) is 5.41. The molecule has 1 aliphatic heterocycles. The molecular formula is C23H26N6O2. The molecule has 8 heteroatoms. The van der Waals surface area contributed by atoms with Gasteiger partial charge >= 0.3 is 0 Å². The molecule has 0 bridgehead atoms. The van der Waals surface area contributed by atoms with Crippen LogP contribution in [0.15, 0.2) is 53.6 Å². The smallest absolute Gasteiger partial charge is 0.255 e. The maximum atomic E-state index is 12.7. The van der Waals surface area contributed by atoms with Gasteiger partial charge in [0.15, 0.2) is 0 Å². The zero-order valence-corrected chi connectivity index (χ0v) is 17.7. The first-order valence-corrected chi connectivity index (χ1v) is 10.7. The maximum absolute atomic E-state index is 12.7. The zero-order chi connectivity index (χ0) is 21.8. The maximum Gasteiger partial charge on any atom is 0.255 e. The van der Waals surface area contributed by atoms with Crippen molar-refractivity contribution >= 4 is 28.1 Å². The molecule has 3 aromatic heterocycles. The van der Waals surface area contributed by atoms with E-state index in [1.165, 1.54) is 0 Å². The highest BCUT2D eigenvalue weighted by atomic mass is 16.1. The average Bonchev–Trinajstić information content (AvgIpc) is 3.20. The molecule has 3 N–H and O–H groups in total. The van der Waals surface area contributed by atoms with Crippen molar-refractivity contribution in [3.8, 4) is 0 Å². The number of H-pyrrole nitrogens is 1. The number of fused-ring (bicyclic) bond motifs is 3. The number of hydrogen-bond acceptors (Lipinski definition) is 5. The third-order valence-electron chi connectivity index (χ3n) is 5.41. The van der Waals surface area contributed by atoms with Gasteiger partial charge in [0.1, 0.15) is 5.65 Å². The van der Waals surface area contributed by atoms with E-state index in [1.807, 2.05) is 36.6 Å². The van der Waals surface area contributed by atoms with Crippen molar-refractivity contribution in [3.05, 3.63) is 70.4 Å². The van der Waals surface area contributed by atoms with Gasteiger partial charge in [0.25, 0.3) is 11.5 Å². The van der Waals surface area contributed by atoms with Crippen LogP contribution in [0.2, 0.25) is 0 Å². The summed E-state index contributed by atoms with van der Waals surface area (Å²) in [5, 5.41) is 11.8. The second-order valence-corrected chi connectivity index (χ2v) is 7.23. The lowest BCUT2D eigenvalue weighted by Crippen LogP contribution is -2.28. The lowest BCUT2D eigenvalue weighted by molar-refractivity contribution is 0.102. The summed E-state index contributed by atoms with van der Waals surface area (Å²) in [5.41, 5.74) is 3.19. The molecular weight excluding hydrogens is 392 g/mol. The summed E-state index contributed by atoms with van der Waals surface area (Å²) < 4.78 is 1.82. The van der Waals surface area contributed by atoms with Crippen LogP contribution < -0.4 is 16.2 Å². The van der Waals surface area contributed by atoms with Crippen LogP contribution in [0.25, 0.3) is 16.6 Å². The highest BCUT2D eigenvalue weighted by Gasteiger charge is 2.22. The Morgan fingerprint density at radius 1 is 1.13 bits per heavy atom. The molecule has 0 spiro atoms. The summed E-state index contributed by atoms with van der Waals surface area (Å²) in [6, 6.07) is 10.5. The van der Waals surface area contributed by atoms with E-state index in [1.54, 1.807) is 30.6 Å². The Kier molecular flexibility index (Phi) is 6.08. The normalized spacial score (nSPS) is 14.3. The van der Waals surface area contributed by atoms with E-state index in [4.69, 9.17) is 5.10 Å². The number of amides is 1. The van der Waals surface area contributed by atoms with Gasteiger partial charge in [-0.1, -0.05) is 19.9 Å². The van der Waals surface area contributed by atoms with Crippen LogP contribution in [0.4, 0.5) is 5.69 Å². The highest BCUT2D eigenvalue weighted by molar-refractivity contribution is 6.11. The Morgan fingerprint density at radius 2 is 1.87 bits per heavy atom. The minimum Gasteiger partial charge on any atom is -0.321 e. The fourth-order valence-corrected chi connectivity index (χ4v) is 4.00. The lowest BCUT2D eigenvalue weighted by Gasteiger charge is -2.23. The monoisotopic (exact) mass is 418 g/mol. The van der Waals surface area contributed by atoms with Crippen LogP contribution in [0.1, 0.15) is 48.7 Å². The highest BCUT2D eigenvalue weighted by Crippen LogP contribution is 2.30. The minimum absolute atomic E-state index is 0.164. The number of piperidine rings is 1. The van der Waals surface area contributed by atoms with Gasteiger partial charge in [-0.25, -0.2) is 4.52 Å². The number of aromatic amines is 1. The fourth-order valence-electron chi connectivity index (χ4n) is 4.00. The third kappa shape index (κ3) is 4.06. The quantitative estimate of drug-likeness (QED) is 0.473. The van der Waals surface area contributed by atoms with Crippen LogP contribution in [0, 0.1) is 0 Å². The Bertz CT molecular complexity index is 1260. The number of carbonyl (C=O) groups is 1.